The van der Waals surface area contributed by atoms with Gasteiger partial charge in [-0.3, -0.25) is 0 Å². The highest BCUT2D eigenvalue weighted by atomic mass is 32.2. The highest BCUT2D eigenvalue weighted by Crippen LogP contribution is 2.40. The monoisotopic (exact) mass is 224 g/mol. The van der Waals surface area contributed by atoms with Crippen LogP contribution in [0.5, 0.6) is 0 Å². The lowest BCUT2D eigenvalue weighted by Gasteiger charge is -2.37. The normalized spacial score (nSPS) is 18.9. The first-order valence-electron chi connectivity index (χ1n) is 4.98. The molecule has 1 aromatic rings. The van der Waals surface area contributed by atoms with Gasteiger partial charge in [0.25, 0.3) is 0 Å². The molecule has 0 nitrogen and oxygen atoms in total. The Morgan fingerprint density at radius 2 is 2.00 bits per heavy atom. The van der Waals surface area contributed by atoms with Crippen LogP contribution in [0.1, 0.15) is 12.5 Å². The zero-order chi connectivity index (χ0) is 9.86. The maximum Gasteiger partial charge on any atom is 0.0184 e. The number of benzene rings is 1. The summed E-state index contributed by atoms with van der Waals surface area (Å²) in [5.41, 5.74) is 2.08. The first kappa shape index (κ1) is 10.4. The maximum atomic E-state index is 2.40. The summed E-state index contributed by atoms with van der Waals surface area (Å²) >= 11 is 4.15. The standard InChI is InChI=1S/C12H16S2/c1-12(9-14-10-12)8-13-7-11-5-3-2-4-6-11/h2-6H,7-10H2,1H3. The zero-order valence-corrected chi connectivity index (χ0v) is 10.2. The Kier molecular flexibility index (Phi) is 3.45. The van der Waals surface area contributed by atoms with Crippen LogP contribution in [0.3, 0.4) is 0 Å². The van der Waals surface area contributed by atoms with Crippen molar-refractivity contribution in [2.45, 2.75) is 12.7 Å². The SMILES string of the molecule is CC1(CSCc2ccccc2)CSC1. The van der Waals surface area contributed by atoms with E-state index in [0.717, 1.165) is 0 Å². The third-order valence-electron chi connectivity index (χ3n) is 2.46. The van der Waals surface area contributed by atoms with Gasteiger partial charge in [0.2, 0.25) is 0 Å². The molecule has 1 aromatic carbocycles. The van der Waals surface area contributed by atoms with Crippen LogP contribution in [-0.2, 0) is 5.75 Å². The number of thioether (sulfide) groups is 2. The van der Waals surface area contributed by atoms with Gasteiger partial charge in [0.15, 0.2) is 0 Å². The molecule has 1 aliphatic heterocycles. The molecule has 1 aliphatic rings. The molecule has 0 spiro atoms. The highest BCUT2D eigenvalue weighted by Gasteiger charge is 2.32. The van der Waals surface area contributed by atoms with E-state index in [-0.39, 0.29) is 0 Å². The molecule has 0 unspecified atom stereocenters. The van der Waals surface area contributed by atoms with Gasteiger partial charge in [-0.1, -0.05) is 37.3 Å². The van der Waals surface area contributed by atoms with Crippen molar-refractivity contribution in [3.05, 3.63) is 35.9 Å². The lowest BCUT2D eigenvalue weighted by molar-refractivity contribution is 0.473. The van der Waals surface area contributed by atoms with E-state index >= 15 is 0 Å². The first-order chi connectivity index (χ1) is 6.79. The topological polar surface area (TPSA) is 0 Å². The van der Waals surface area contributed by atoms with Crippen LogP contribution in [0.2, 0.25) is 0 Å². The molecule has 2 rings (SSSR count). The van der Waals surface area contributed by atoms with Crippen molar-refractivity contribution in [3.63, 3.8) is 0 Å². The summed E-state index contributed by atoms with van der Waals surface area (Å²) in [4.78, 5) is 0. The van der Waals surface area contributed by atoms with E-state index < -0.39 is 0 Å². The zero-order valence-electron chi connectivity index (χ0n) is 8.53. The Hall–Kier alpha value is -0.0800. The second-order valence-electron chi connectivity index (χ2n) is 4.28. The molecule has 0 bridgehead atoms. The van der Waals surface area contributed by atoms with Crippen LogP contribution < -0.4 is 0 Å². The van der Waals surface area contributed by atoms with Gasteiger partial charge in [0, 0.05) is 23.0 Å². The van der Waals surface area contributed by atoms with Gasteiger partial charge in [0.1, 0.15) is 0 Å². The Balaban J connectivity index is 1.73. The number of hydrogen-bond donors (Lipinski definition) is 0. The summed E-state index contributed by atoms with van der Waals surface area (Å²) in [6.07, 6.45) is 0. The summed E-state index contributed by atoms with van der Waals surface area (Å²) in [5, 5.41) is 0. The average Bonchev–Trinajstić information content (AvgIpc) is 2.17. The smallest absolute Gasteiger partial charge is 0.0184 e. The Morgan fingerprint density at radius 1 is 1.29 bits per heavy atom. The van der Waals surface area contributed by atoms with Gasteiger partial charge in [-0.25, -0.2) is 0 Å². The minimum atomic E-state index is 0.629. The van der Waals surface area contributed by atoms with E-state index in [1.807, 2.05) is 0 Å². The van der Waals surface area contributed by atoms with E-state index in [1.165, 1.54) is 28.6 Å². The first-order valence-corrected chi connectivity index (χ1v) is 7.29. The number of rotatable bonds is 4. The van der Waals surface area contributed by atoms with Crippen molar-refractivity contribution in [2.24, 2.45) is 5.41 Å². The molecule has 0 radical (unpaired) electrons. The molecule has 76 valence electrons. The van der Waals surface area contributed by atoms with Crippen LogP contribution in [0.15, 0.2) is 30.3 Å². The van der Waals surface area contributed by atoms with E-state index in [9.17, 15) is 0 Å². The molecular weight excluding hydrogens is 208 g/mol. The third-order valence-corrected chi connectivity index (χ3v) is 5.70. The predicted molar refractivity (Wildman–Crippen MR) is 68.0 cm³/mol. The Labute approximate surface area is 94.9 Å². The van der Waals surface area contributed by atoms with Crippen LogP contribution in [0, 0.1) is 5.41 Å². The molecular formula is C12H16S2. The Bertz CT molecular complexity index is 278. The van der Waals surface area contributed by atoms with Gasteiger partial charge in [0.05, 0.1) is 0 Å². The fourth-order valence-electron chi connectivity index (χ4n) is 1.52. The van der Waals surface area contributed by atoms with Gasteiger partial charge >= 0.3 is 0 Å². The van der Waals surface area contributed by atoms with Crippen LogP contribution in [0.25, 0.3) is 0 Å². The minimum absolute atomic E-state index is 0.629. The van der Waals surface area contributed by atoms with E-state index in [4.69, 9.17) is 0 Å². The average molecular weight is 224 g/mol. The summed E-state index contributed by atoms with van der Waals surface area (Å²) in [7, 11) is 0. The molecule has 1 heterocycles. The molecule has 0 amide bonds. The predicted octanol–water partition coefficient (Wildman–Crippen LogP) is 3.67. The van der Waals surface area contributed by atoms with Crippen LogP contribution in [0.4, 0.5) is 0 Å². The summed E-state index contributed by atoms with van der Waals surface area (Å²) in [6, 6.07) is 10.8. The van der Waals surface area contributed by atoms with Crippen molar-refractivity contribution >= 4 is 23.5 Å². The fraction of sp³-hybridized carbons (Fsp3) is 0.500. The molecule has 0 N–H and O–H groups in total. The summed E-state index contributed by atoms with van der Waals surface area (Å²) in [6.45, 7) is 2.40. The van der Waals surface area contributed by atoms with Crippen molar-refractivity contribution in [3.8, 4) is 0 Å². The van der Waals surface area contributed by atoms with Crippen molar-refractivity contribution < 1.29 is 0 Å². The fourth-order valence-corrected chi connectivity index (χ4v) is 4.11. The summed E-state index contributed by atoms with van der Waals surface area (Å²) in [5.74, 6) is 5.19. The summed E-state index contributed by atoms with van der Waals surface area (Å²) < 4.78 is 0. The van der Waals surface area contributed by atoms with Gasteiger partial charge < -0.3 is 0 Å². The molecule has 1 saturated heterocycles. The van der Waals surface area contributed by atoms with E-state index in [2.05, 4.69) is 60.8 Å². The highest BCUT2D eigenvalue weighted by molar-refractivity contribution is 8.01. The second-order valence-corrected chi connectivity index (χ2v) is 6.25. The Morgan fingerprint density at radius 3 is 2.57 bits per heavy atom. The third kappa shape index (κ3) is 2.71. The van der Waals surface area contributed by atoms with Crippen molar-refractivity contribution in [1.82, 2.24) is 0 Å². The van der Waals surface area contributed by atoms with E-state index in [0.29, 0.717) is 5.41 Å². The lowest BCUT2D eigenvalue weighted by Crippen LogP contribution is -2.34. The molecule has 0 atom stereocenters. The second kappa shape index (κ2) is 4.63. The minimum Gasteiger partial charge on any atom is -0.161 e. The van der Waals surface area contributed by atoms with Gasteiger partial charge in [-0.2, -0.15) is 23.5 Å². The number of hydrogen-bond acceptors (Lipinski definition) is 2. The van der Waals surface area contributed by atoms with Crippen molar-refractivity contribution in [2.75, 3.05) is 17.3 Å². The quantitative estimate of drug-likeness (QED) is 0.765. The van der Waals surface area contributed by atoms with Crippen molar-refractivity contribution in [1.29, 1.82) is 0 Å². The largest absolute Gasteiger partial charge is 0.161 e. The molecule has 14 heavy (non-hydrogen) atoms. The molecule has 0 saturated carbocycles. The van der Waals surface area contributed by atoms with Crippen LogP contribution in [-0.4, -0.2) is 17.3 Å². The van der Waals surface area contributed by atoms with Gasteiger partial charge in [-0.15, -0.1) is 0 Å². The molecule has 0 aromatic heterocycles. The van der Waals surface area contributed by atoms with Gasteiger partial charge in [-0.05, 0) is 11.0 Å². The maximum absolute atomic E-state index is 2.40. The molecule has 1 fully saturated rings. The lowest BCUT2D eigenvalue weighted by atomic mass is 9.98. The van der Waals surface area contributed by atoms with Crippen LogP contribution >= 0.6 is 23.5 Å². The van der Waals surface area contributed by atoms with E-state index in [1.54, 1.807) is 0 Å². The molecule has 0 aliphatic carbocycles. The molecule has 2 heteroatoms.